The Morgan fingerprint density at radius 1 is 1.00 bits per heavy atom. The molecule has 0 saturated heterocycles. The van der Waals surface area contributed by atoms with E-state index in [1.165, 1.54) is 4.57 Å². The summed E-state index contributed by atoms with van der Waals surface area (Å²) in [5.74, 6) is -0.502. The molecule has 0 aromatic carbocycles. The summed E-state index contributed by atoms with van der Waals surface area (Å²) >= 11 is 0. The Kier molecular flexibility index (Phi) is 3.64. The number of alkyl halides is 3. The van der Waals surface area contributed by atoms with E-state index in [1.807, 2.05) is 0 Å². The normalized spacial score (nSPS) is 21.5. The summed E-state index contributed by atoms with van der Waals surface area (Å²) in [6, 6.07) is -0.0119. The van der Waals surface area contributed by atoms with E-state index in [9.17, 15) is 13.2 Å². The number of rotatable bonds is 0. The molecule has 4 nitrogen and oxygen atoms in total. The molecule has 0 N–H and O–H groups in total. The molecule has 0 radical (unpaired) electrons. The average molecular weight is 304 g/mol. The zero-order valence-corrected chi connectivity index (χ0v) is 13.4. The second kappa shape index (κ2) is 4.69. The van der Waals surface area contributed by atoms with Gasteiger partial charge in [0.05, 0.1) is 6.54 Å². The lowest BCUT2D eigenvalue weighted by Crippen LogP contribution is -2.57. The molecule has 1 aliphatic heterocycles. The van der Waals surface area contributed by atoms with Crippen molar-refractivity contribution in [2.24, 2.45) is 5.41 Å². The molecule has 1 aromatic rings. The second-order valence-electron chi connectivity index (χ2n) is 7.73. The minimum atomic E-state index is -4.46. The molecule has 2 heterocycles. The Morgan fingerprint density at radius 3 is 2.00 bits per heavy atom. The van der Waals surface area contributed by atoms with Gasteiger partial charge in [-0.1, -0.05) is 20.8 Å². The van der Waals surface area contributed by atoms with Crippen LogP contribution in [0.1, 0.15) is 53.2 Å². The third-order valence-corrected chi connectivity index (χ3v) is 3.99. The molecule has 0 aliphatic carbocycles. The van der Waals surface area contributed by atoms with Gasteiger partial charge < -0.3 is 4.57 Å². The molecule has 1 unspecified atom stereocenters. The predicted octanol–water partition coefficient (Wildman–Crippen LogP) is 3.33. The van der Waals surface area contributed by atoms with Gasteiger partial charge in [-0.25, -0.2) is 0 Å². The number of nitrogens with zero attached hydrogens (tertiary/aromatic N) is 4. The fourth-order valence-electron chi connectivity index (χ4n) is 2.83. The molecular formula is C14H23F3N4. The number of hydrogen-bond donors (Lipinski definition) is 0. The maximum absolute atomic E-state index is 13.0. The highest BCUT2D eigenvalue weighted by atomic mass is 19.4. The van der Waals surface area contributed by atoms with Crippen molar-refractivity contribution in [1.82, 2.24) is 19.7 Å². The van der Waals surface area contributed by atoms with Crippen molar-refractivity contribution in [2.45, 2.75) is 72.4 Å². The molecule has 0 spiro atoms. The molecular weight excluding hydrogens is 281 g/mol. The number of fused-ring (bicyclic) bond motifs is 1. The topological polar surface area (TPSA) is 34.0 Å². The van der Waals surface area contributed by atoms with Crippen LogP contribution in [0, 0.1) is 5.41 Å². The molecule has 21 heavy (non-hydrogen) atoms. The highest BCUT2D eigenvalue weighted by Gasteiger charge is 2.45. The van der Waals surface area contributed by atoms with Gasteiger partial charge in [-0.15, -0.1) is 10.2 Å². The highest BCUT2D eigenvalue weighted by Crippen LogP contribution is 2.37. The maximum Gasteiger partial charge on any atom is 0.451 e. The summed E-state index contributed by atoms with van der Waals surface area (Å²) in [5.41, 5.74) is -0.286. The smallest absolute Gasteiger partial charge is 0.305 e. The van der Waals surface area contributed by atoms with Crippen molar-refractivity contribution in [3.8, 4) is 0 Å². The molecule has 7 heteroatoms. The largest absolute Gasteiger partial charge is 0.451 e. The van der Waals surface area contributed by atoms with E-state index in [-0.39, 0.29) is 23.5 Å². The van der Waals surface area contributed by atoms with Crippen LogP contribution in [0.25, 0.3) is 0 Å². The standard InChI is InChI=1S/C14H23F3N4/c1-12(2,3)9-7-20-10(8-21(9)13(4,5)6)18-19-11(20)14(15,16)17/h9H,7-8H2,1-6H3. The van der Waals surface area contributed by atoms with Crippen LogP contribution in [0.2, 0.25) is 0 Å². The first-order valence-electron chi connectivity index (χ1n) is 7.08. The van der Waals surface area contributed by atoms with E-state index in [0.29, 0.717) is 12.4 Å². The number of aromatic nitrogens is 3. The van der Waals surface area contributed by atoms with Crippen molar-refractivity contribution in [2.75, 3.05) is 0 Å². The molecule has 0 amide bonds. The predicted molar refractivity (Wildman–Crippen MR) is 73.6 cm³/mol. The van der Waals surface area contributed by atoms with Gasteiger partial charge >= 0.3 is 6.18 Å². The fourth-order valence-corrected chi connectivity index (χ4v) is 2.83. The average Bonchev–Trinajstić information content (AvgIpc) is 2.66. The van der Waals surface area contributed by atoms with Crippen molar-refractivity contribution in [3.05, 3.63) is 11.6 Å². The van der Waals surface area contributed by atoms with Crippen LogP contribution in [0.5, 0.6) is 0 Å². The van der Waals surface area contributed by atoms with Crippen molar-refractivity contribution < 1.29 is 13.2 Å². The summed E-state index contributed by atoms with van der Waals surface area (Å²) in [6.07, 6.45) is -4.46. The van der Waals surface area contributed by atoms with Crippen LogP contribution in [0.4, 0.5) is 13.2 Å². The number of hydrogen-bond acceptors (Lipinski definition) is 3. The van der Waals surface area contributed by atoms with Gasteiger partial charge in [0.1, 0.15) is 5.82 Å². The summed E-state index contributed by atoms with van der Waals surface area (Å²) in [5, 5.41) is 7.12. The summed E-state index contributed by atoms with van der Waals surface area (Å²) in [4.78, 5) is 2.22. The van der Waals surface area contributed by atoms with Crippen LogP contribution >= 0.6 is 0 Å². The fraction of sp³-hybridized carbons (Fsp3) is 0.857. The van der Waals surface area contributed by atoms with Crippen LogP contribution in [0.3, 0.4) is 0 Å². The minimum Gasteiger partial charge on any atom is -0.305 e. The van der Waals surface area contributed by atoms with E-state index in [0.717, 1.165) is 0 Å². The summed E-state index contributed by atoms with van der Waals surface area (Å²) < 4.78 is 40.3. The summed E-state index contributed by atoms with van der Waals surface area (Å²) in [7, 11) is 0. The third-order valence-electron chi connectivity index (χ3n) is 3.99. The quantitative estimate of drug-likeness (QED) is 0.737. The van der Waals surface area contributed by atoms with Gasteiger partial charge in [0, 0.05) is 18.1 Å². The lowest BCUT2D eigenvalue weighted by Gasteiger charge is -2.49. The molecule has 0 fully saturated rings. The Balaban J connectivity index is 2.48. The van der Waals surface area contributed by atoms with Gasteiger partial charge in [0.2, 0.25) is 5.82 Å². The Labute approximate surface area is 123 Å². The molecule has 120 valence electrons. The third kappa shape index (κ3) is 3.07. The molecule has 1 atom stereocenters. The van der Waals surface area contributed by atoms with Crippen molar-refractivity contribution in [3.63, 3.8) is 0 Å². The van der Waals surface area contributed by atoms with E-state index in [1.54, 1.807) is 0 Å². The Hall–Kier alpha value is -1.11. The monoisotopic (exact) mass is 304 g/mol. The van der Waals surface area contributed by atoms with E-state index >= 15 is 0 Å². The Morgan fingerprint density at radius 2 is 1.57 bits per heavy atom. The van der Waals surface area contributed by atoms with Gasteiger partial charge in [-0.05, 0) is 26.2 Å². The van der Waals surface area contributed by atoms with Crippen LogP contribution < -0.4 is 0 Å². The lowest BCUT2D eigenvalue weighted by molar-refractivity contribution is -0.149. The lowest BCUT2D eigenvalue weighted by atomic mass is 9.82. The van der Waals surface area contributed by atoms with Gasteiger partial charge in [0.25, 0.3) is 0 Å². The molecule has 0 bridgehead atoms. The first-order chi connectivity index (χ1) is 9.32. The van der Waals surface area contributed by atoms with E-state index in [4.69, 9.17) is 0 Å². The highest BCUT2D eigenvalue weighted by molar-refractivity contribution is 5.07. The maximum atomic E-state index is 13.0. The van der Waals surface area contributed by atoms with Gasteiger partial charge in [-0.2, -0.15) is 13.2 Å². The SMILES string of the molecule is CC(C)(C)C1Cn2c(nnc2C(F)(F)F)CN1C(C)(C)C. The van der Waals surface area contributed by atoms with E-state index in [2.05, 4.69) is 56.6 Å². The van der Waals surface area contributed by atoms with Crippen molar-refractivity contribution >= 4 is 0 Å². The summed E-state index contributed by atoms with van der Waals surface area (Å²) in [6.45, 7) is 13.0. The van der Waals surface area contributed by atoms with Crippen LogP contribution in [0.15, 0.2) is 0 Å². The van der Waals surface area contributed by atoms with Gasteiger partial charge in [-0.3, -0.25) is 4.90 Å². The molecule has 1 aromatic heterocycles. The zero-order chi connectivity index (χ0) is 16.2. The van der Waals surface area contributed by atoms with Crippen molar-refractivity contribution in [1.29, 1.82) is 0 Å². The van der Waals surface area contributed by atoms with Gasteiger partial charge in [0.15, 0.2) is 0 Å². The zero-order valence-electron chi connectivity index (χ0n) is 13.4. The minimum absolute atomic E-state index is 0.0119. The van der Waals surface area contributed by atoms with E-state index < -0.39 is 12.0 Å². The second-order valence-corrected chi connectivity index (χ2v) is 7.73. The molecule has 1 aliphatic rings. The molecule has 2 rings (SSSR count). The first-order valence-corrected chi connectivity index (χ1v) is 7.08. The Bertz CT molecular complexity index is 520. The first kappa shape index (κ1) is 16.3. The van der Waals surface area contributed by atoms with Crippen LogP contribution in [-0.4, -0.2) is 31.2 Å². The number of halogens is 3. The van der Waals surface area contributed by atoms with Crippen LogP contribution in [-0.2, 0) is 19.3 Å². The molecule has 0 saturated carbocycles.